The number of carbonyl (C=O) groups is 3. The average Bonchev–Trinajstić information content (AvgIpc) is 3.28. The number of anilines is 3. The Balaban J connectivity index is 1.85. The molecule has 3 amide bonds. The predicted molar refractivity (Wildman–Crippen MR) is 84.6 cm³/mol. The molecular weight excluding hydrogens is 312 g/mol. The minimum absolute atomic E-state index is 0.0365. The van der Waals surface area contributed by atoms with Gasteiger partial charge in [0.15, 0.2) is 11.6 Å². The second kappa shape index (κ2) is 5.81. The number of nitrogens with zero attached hydrogens (tertiary/aromatic N) is 6. The Morgan fingerprint density at radius 3 is 1.42 bits per heavy atom. The third kappa shape index (κ3) is 2.31. The number of rotatable bonds is 3. The van der Waals surface area contributed by atoms with Crippen molar-refractivity contribution in [2.45, 2.75) is 38.5 Å². The Morgan fingerprint density at radius 1 is 0.625 bits per heavy atom. The summed E-state index contributed by atoms with van der Waals surface area (Å²) in [5, 5.41) is 11.9. The molecule has 0 aliphatic carbocycles. The molecule has 0 atom stereocenters. The normalized spacial score (nSPS) is 21.5. The minimum atomic E-state index is -0.0397. The molecule has 0 N–H and O–H groups in total. The van der Waals surface area contributed by atoms with Gasteiger partial charge >= 0.3 is 0 Å². The van der Waals surface area contributed by atoms with Gasteiger partial charge in [-0.3, -0.25) is 24.2 Å². The summed E-state index contributed by atoms with van der Waals surface area (Å²) in [6, 6.07) is 0. The van der Waals surface area contributed by atoms with Crippen LogP contribution in [0, 0.1) is 0 Å². The number of amides is 3. The summed E-state index contributed by atoms with van der Waals surface area (Å²) in [5.74, 6) is 0.574. The summed E-state index contributed by atoms with van der Waals surface area (Å²) in [6.07, 6.45) is 3.58. The lowest BCUT2D eigenvalue weighted by atomic mass is 10.3. The van der Waals surface area contributed by atoms with Crippen molar-refractivity contribution in [2.24, 2.45) is 0 Å². The van der Waals surface area contributed by atoms with Crippen LogP contribution in [0.5, 0.6) is 0 Å². The fourth-order valence-electron chi connectivity index (χ4n) is 3.54. The van der Waals surface area contributed by atoms with Crippen LogP contribution >= 0.6 is 0 Å². The summed E-state index contributed by atoms with van der Waals surface area (Å²) in [7, 11) is 0. The molecule has 3 saturated heterocycles. The molecule has 0 bridgehead atoms. The third-order valence-corrected chi connectivity index (χ3v) is 4.70. The zero-order chi connectivity index (χ0) is 16.7. The van der Waals surface area contributed by atoms with Gasteiger partial charge in [0.2, 0.25) is 17.7 Å². The second-order valence-electron chi connectivity index (χ2n) is 6.23. The lowest BCUT2D eigenvalue weighted by Crippen LogP contribution is -2.35. The highest BCUT2D eigenvalue weighted by molar-refractivity contribution is 6.08. The van der Waals surface area contributed by atoms with Crippen molar-refractivity contribution in [1.82, 2.24) is 15.4 Å². The smallest absolute Gasteiger partial charge is 0.228 e. The van der Waals surface area contributed by atoms with Crippen LogP contribution < -0.4 is 14.7 Å². The van der Waals surface area contributed by atoms with Gasteiger partial charge in [0.25, 0.3) is 0 Å². The highest BCUT2D eigenvalue weighted by Crippen LogP contribution is 2.39. The molecule has 3 aliphatic rings. The highest BCUT2D eigenvalue weighted by Gasteiger charge is 2.37. The molecule has 0 spiro atoms. The molecule has 24 heavy (non-hydrogen) atoms. The topological polar surface area (TPSA) is 99.6 Å². The second-order valence-corrected chi connectivity index (χ2v) is 6.23. The molecular formula is C15H18N6O3. The first-order valence-electron chi connectivity index (χ1n) is 8.31. The zero-order valence-corrected chi connectivity index (χ0v) is 13.3. The van der Waals surface area contributed by atoms with E-state index in [4.69, 9.17) is 0 Å². The van der Waals surface area contributed by atoms with E-state index in [2.05, 4.69) is 15.4 Å². The molecule has 0 aromatic carbocycles. The van der Waals surface area contributed by atoms with Crippen LogP contribution in [-0.4, -0.2) is 52.8 Å². The Morgan fingerprint density at radius 2 is 1.04 bits per heavy atom. The molecule has 9 heteroatoms. The number of hydrogen-bond donors (Lipinski definition) is 0. The lowest BCUT2D eigenvalue weighted by Gasteiger charge is -2.27. The van der Waals surface area contributed by atoms with Gasteiger partial charge in [0, 0.05) is 38.9 Å². The number of carbonyl (C=O) groups excluding carboxylic acids is 3. The predicted octanol–water partition coefficient (Wildman–Crippen LogP) is 0.252. The Labute approximate surface area is 138 Å². The molecule has 0 saturated carbocycles. The van der Waals surface area contributed by atoms with E-state index in [1.165, 1.54) is 0 Å². The SMILES string of the molecule is O=C1CCCN1c1nnnc(N2CCCC2=O)c1N1CCCC1=O. The Kier molecular flexibility index (Phi) is 3.62. The molecule has 9 nitrogen and oxygen atoms in total. The fraction of sp³-hybridized carbons (Fsp3) is 0.600. The van der Waals surface area contributed by atoms with E-state index in [9.17, 15) is 14.4 Å². The quantitative estimate of drug-likeness (QED) is 0.788. The first-order valence-corrected chi connectivity index (χ1v) is 8.31. The zero-order valence-electron chi connectivity index (χ0n) is 13.3. The summed E-state index contributed by atoms with van der Waals surface area (Å²) < 4.78 is 0. The van der Waals surface area contributed by atoms with Gasteiger partial charge in [-0.2, -0.15) is 0 Å². The molecule has 0 unspecified atom stereocenters. The first kappa shape index (κ1) is 15.0. The van der Waals surface area contributed by atoms with E-state index < -0.39 is 0 Å². The monoisotopic (exact) mass is 330 g/mol. The van der Waals surface area contributed by atoms with Crippen molar-refractivity contribution >= 4 is 35.0 Å². The summed E-state index contributed by atoms with van der Waals surface area (Å²) in [6.45, 7) is 1.62. The van der Waals surface area contributed by atoms with Crippen LogP contribution in [0.15, 0.2) is 0 Å². The first-order chi connectivity index (χ1) is 11.7. The van der Waals surface area contributed by atoms with Crippen molar-refractivity contribution in [3.8, 4) is 0 Å². The van der Waals surface area contributed by atoms with Gasteiger partial charge in [-0.25, -0.2) is 0 Å². The summed E-state index contributed by atoms with van der Waals surface area (Å²) in [5.41, 5.74) is 0.456. The molecule has 0 radical (unpaired) electrons. The van der Waals surface area contributed by atoms with Crippen molar-refractivity contribution in [2.75, 3.05) is 34.3 Å². The molecule has 1 aromatic rings. The van der Waals surface area contributed by atoms with Crippen LogP contribution in [0.1, 0.15) is 38.5 Å². The van der Waals surface area contributed by atoms with Crippen molar-refractivity contribution in [3.05, 3.63) is 0 Å². The summed E-state index contributed by atoms with van der Waals surface area (Å²) >= 11 is 0. The van der Waals surface area contributed by atoms with Gasteiger partial charge < -0.3 is 4.90 Å². The maximum atomic E-state index is 12.3. The molecule has 3 aliphatic heterocycles. The van der Waals surface area contributed by atoms with Gasteiger partial charge in [0.05, 0.1) is 0 Å². The van der Waals surface area contributed by atoms with E-state index in [1.54, 1.807) is 14.7 Å². The highest BCUT2D eigenvalue weighted by atomic mass is 16.2. The van der Waals surface area contributed by atoms with Gasteiger partial charge in [0.1, 0.15) is 5.69 Å². The molecule has 3 fully saturated rings. The van der Waals surface area contributed by atoms with Gasteiger partial charge in [-0.1, -0.05) is 0 Å². The molecule has 4 heterocycles. The Bertz CT molecular complexity index is 677. The lowest BCUT2D eigenvalue weighted by molar-refractivity contribution is -0.118. The maximum Gasteiger partial charge on any atom is 0.228 e. The summed E-state index contributed by atoms with van der Waals surface area (Å²) in [4.78, 5) is 41.4. The van der Waals surface area contributed by atoms with Crippen molar-refractivity contribution < 1.29 is 14.4 Å². The Hall–Kier alpha value is -2.58. The van der Waals surface area contributed by atoms with E-state index in [0.29, 0.717) is 56.2 Å². The minimum Gasteiger partial charge on any atom is -0.306 e. The van der Waals surface area contributed by atoms with Crippen LogP contribution in [-0.2, 0) is 14.4 Å². The number of aromatic nitrogens is 3. The van der Waals surface area contributed by atoms with E-state index in [0.717, 1.165) is 19.3 Å². The largest absolute Gasteiger partial charge is 0.306 e. The fourth-order valence-corrected chi connectivity index (χ4v) is 3.54. The van der Waals surface area contributed by atoms with Gasteiger partial charge in [-0.15, -0.1) is 10.2 Å². The van der Waals surface area contributed by atoms with Gasteiger partial charge in [-0.05, 0) is 24.5 Å². The average molecular weight is 330 g/mol. The van der Waals surface area contributed by atoms with Crippen LogP contribution in [0.2, 0.25) is 0 Å². The van der Waals surface area contributed by atoms with Crippen LogP contribution in [0.4, 0.5) is 17.3 Å². The molecule has 4 rings (SSSR count). The maximum absolute atomic E-state index is 12.3. The van der Waals surface area contributed by atoms with E-state index >= 15 is 0 Å². The van der Waals surface area contributed by atoms with Crippen molar-refractivity contribution in [1.29, 1.82) is 0 Å². The van der Waals surface area contributed by atoms with Crippen LogP contribution in [0.3, 0.4) is 0 Å². The van der Waals surface area contributed by atoms with E-state index in [1.807, 2.05) is 0 Å². The standard InChI is InChI=1S/C15H18N6O3/c22-10-4-1-7-19(10)13-14(20-8-2-5-11(20)23)16-18-17-15(13)21-9-3-6-12(21)24/h1-9H2. The molecule has 1 aromatic heterocycles. The van der Waals surface area contributed by atoms with Crippen LogP contribution in [0.25, 0.3) is 0 Å². The van der Waals surface area contributed by atoms with E-state index in [-0.39, 0.29) is 17.7 Å². The molecule has 126 valence electrons. The van der Waals surface area contributed by atoms with Crippen molar-refractivity contribution in [3.63, 3.8) is 0 Å². The third-order valence-electron chi connectivity index (χ3n) is 4.70. The number of hydrogen-bond acceptors (Lipinski definition) is 6.